The van der Waals surface area contributed by atoms with Gasteiger partial charge in [0, 0.05) is 7.11 Å². The molecule has 1 aromatic rings. The molecule has 0 amide bonds. The first kappa shape index (κ1) is 14.5. The predicted molar refractivity (Wildman–Crippen MR) is 67.1 cm³/mol. The van der Waals surface area contributed by atoms with E-state index >= 15 is 0 Å². The van der Waals surface area contributed by atoms with Crippen molar-refractivity contribution >= 4 is 21.7 Å². The third-order valence-electron chi connectivity index (χ3n) is 2.15. The summed E-state index contributed by atoms with van der Waals surface area (Å²) in [6.45, 7) is 0.0791. The van der Waals surface area contributed by atoms with Crippen LogP contribution in [0.25, 0.3) is 0 Å². The number of sulfonamides is 1. The maximum absolute atomic E-state index is 11.7. The molecule has 6 nitrogen and oxygen atoms in total. The lowest BCUT2D eigenvalue weighted by molar-refractivity contribution is 0.0602. The van der Waals surface area contributed by atoms with E-state index in [1.807, 2.05) is 0 Å². The van der Waals surface area contributed by atoms with Crippen molar-refractivity contribution in [2.75, 3.05) is 31.3 Å². The van der Waals surface area contributed by atoms with Gasteiger partial charge in [-0.05, 0) is 12.1 Å². The van der Waals surface area contributed by atoms with Gasteiger partial charge in [-0.15, -0.1) is 0 Å². The summed E-state index contributed by atoms with van der Waals surface area (Å²) in [5.41, 5.74) is 0.362. The minimum absolute atomic E-state index is 0.0791. The third kappa shape index (κ3) is 4.01. The monoisotopic (exact) mass is 273 g/mol. The van der Waals surface area contributed by atoms with Gasteiger partial charge in [-0.2, -0.15) is 0 Å². The summed E-state index contributed by atoms with van der Waals surface area (Å²) in [5, 5.41) is 0. The van der Waals surface area contributed by atoms with Crippen LogP contribution in [0.2, 0.25) is 0 Å². The Morgan fingerprint density at radius 2 is 1.94 bits per heavy atom. The van der Waals surface area contributed by atoms with Crippen LogP contribution in [0.5, 0.6) is 0 Å². The van der Waals surface area contributed by atoms with Crippen LogP contribution in [0.4, 0.5) is 5.69 Å². The molecule has 1 aromatic carbocycles. The van der Waals surface area contributed by atoms with Crippen LogP contribution in [0, 0.1) is 0 Å². The summed E-state index contributed by atoms with van der Waals surface area (Å²) in [6.07, 6.45) is 0. The van der Waals surface area contributed by atoms with Crippen molar-refractivity contribution in [3.8, 4) is 0 Å². The number of carbonyl (C=O) groups is 1. The molecule has 0 saturated heterocycles. The SMILES string of the molecule is COCCS(=O)(=O)Nc1ccccc1C(=O)OC. The number of rotatable bonds is 6. The van der Waals surface area contributed by atoms with Gasteiger partial charge in [-0.25, -0.2) is 13.2 Å². The van der Waals surface area contributed by atoms with Gasteiger partial charge in [0.05, 0.1) is 30.7 Å². The Bertz CT molecular complexity index is 512. The summed E-state index contributed by atoms with van der Waals surface area (Å²) in [7, 11) is -0.895. The second-order valence-corrected chi connectivity index (χ2v) is 5.29. The summed E-state index contributed by atoms with van der Waals surface area (Å²) < 4.78 is 35.0. The van der Waals surface area contributed by atoms with Gasteiger partial charge in [0.2, 0.25) is 10.0 Å². The van der Waals surface area contributed by atoms with Crippen LogP contribution < -0.4 is 4.72 Å². The molecule has 100 valence electrons. The summed E-state index contributed by atoms with van der Waals surface area (Å²) >= 11 is 0. The number of carbonyl (C=O) groups excluding carboxylic acids is 1. The van der Waals surface area contributed by atoms with E-state index in [1.165, 1.54) is 26.4 Å². The van der Waals surface area contributed by atoms with E-state index < -0.39 is 16.0 Å². The normalized spacial score (nSPS) is 11.0. The second-order valence-electron chi connectivity index (χ2n) is 3.45. The van der Waals surface area contributed by atoms with Gasteiger partial charge in [0.25, 0.3) is 0 Å². The van der Waals surface area contributed by atoms with E-state index in [0.29, 0.717) is 0 Å². The highest BCUT2D eigenvalue weighted by molar-refractivity contribution is 7.92. The number of hydrogen-bond acceptors (Lipinski definition) is 5. The van der Waals surface area contributed by atoms with Crippen molar-refractivity contribution < 1.29 is 22.7 Å². The fourth-order valence-electron chi connectivity index (χ4n) is 1.27. The zero-order chi connectivity index (χ0) is 13.6. The zero-order valence-corrected chi connectivity index (χ0v) is 11.0. The molecule has 0 aliphatic rings. The lowest BCUT2D eigenvalue weighted by Gasteiger charge is -2.10. The Morgan fingerprint density at radius 3 is 2.56 bits per heavy atom. The Morgan fingerprint density at radius 1 is 1.28 bits per heavy atom. The highest BCUT2D eigenvalue weighted by Gasteiger charge is 2.16. The summed E-state index contributed by atoms with van der Waals surface area (Å²) in [5.74, 6) is -0.779. The first-order valence-electron chi connectivity index (χ1n) is 5.17. The Kier molecular flexibility index (Phi) is 5.11. The average Bonchev–Trinajstić information content (AvgIpc) is 2.36. The molecule has 0 radical (unpaired) electrons. The number of esters is 1. The Hall–Kier alpha value is -1.60. The van der Waals surface area contributed by atoms with Crippen LogP contribution in [-0.2, 0) is 19.5 Å². The van der Waals surface area contributed by atoms with Crippen molar-refractivity contribution in [1.82, 2.24) is 0 Å². The van der Waals surface area contributed by atoms with Crippen LogP contribution >= 0.6 is 0 Å². The minimum Gasteiger partial charge on any atom is -0.465 e. The molecular weight excluding hydrogens is 258 g/mol. The van der Waals surface area contributed by atoms with Gasteiger partial charge < -0.3 is 9.47 Å². The average molecular weight is 273 g/mol. The highest BCUT2D eigenvalue weighted by Crippen LogP contribution is 2.17. The van der Waals surface area contributed by atoms with E-state index in [1.54, 1.807) is 12.1 Å². The molecule has 0 atom stereocenters. The molecule has 0 spiro atoms. The van der Waals surface area contributed by atoms with Crippen molar-refractivity contribution in [3.05, 3.63) is 29.8 Å². The van der Waals surface area contributed by atoms with E-state index in [0.717, 1.165) is 0 Å². The number of ether oxygens (including phenoxy) is 2. The van der Waals surface area contributed by atoms with Gasteiger partial charge in [-0.1, -0.05) is 12.1 Å². The molecule has 1 rings (SSSR count). The molecule has 7 heteroatoms. The topological polar surface area (TPSA) is 81.7 Å². The third-order valence-corrected chi connectivity index (χ3v) is 3.39. The summed E-state index contributed by atoms with van der Waals surface area (Å²) in [6, 6.07) is 6.23. The van der Waals surface area contributed by atoms with Crippen molar-refractivity contribution in [1.29, 1.82) is 0 Å². The van der Waals surface area contributed by atoms with E-state index in [9.17, 15) is 13.2 Å². The smallest absolute Gasteiger partial charge is 0.339 e. The number of hydrogen-bond donors (Lipinski definition) is 1. The zero-order valence-electron chi connectivity index (χ0n) is 10.2. The van der Waals surface area contributed by atoms with Gasteiger partial charge in [0.15, 0.2) is 0 Å². The van der Waals surface area contributed by atoms with Crippen molar-refractivity contribution in [2.24, 2.45) is 0 Å². The van der Waals surface area contributed by atoms with Crippen molar-refractivity contribution in [3.63, 3.8) is 0 Å². The highest BCUT2D eigenvalue weighted by atomic mass is 32.2. The number of nitrogens with one attached hydrogen (secondary N) is 1. The number of benzene rings is 1. The van der Waals surface area contributed by atoms with Gasteiger partial charge in [0.1, 0.15) is 0 Å². The number of anilines is 1. The quantitative estimate of drug-likeness (QED) is 0.777. The minimum atomic E-state index is -3.54. The first-order chi connectivity index (χ1) is 8.50. The molecular formula is C11H15NO5S. The molecule has 0 aliphatic heterocycles. The molecule has 0 aromatic heterocycles. The van der Waals surface area contributed by atoms with E-state index in [4.69, 9.17) is 4.74 Å². The molecule has 18 heavy (non-hydrogen) atoms. The maximum atomic E-state index is 11.7. The summed E-state index contributed by atoms with van der Waals surface area (Å²) in [4.78, 5) is 11.5. The lowest BCUT2D eigenvalue weighted by atomic mass is 10.2. The lowest BCUT2D eigenvalue weighted by Crippen LogP contribution is -2.21. The van der Waals surface area contributed by atoms with Gasteiger partial charge >= 0.3 is 5.97 Å². The van der Waals surface area contributed by atoms with Crippen LogP contribution in [0.1, 0.15) is 10.4 Å². The Labute approximate surface area is 106 Å². The first-order valence-corrected chi connectivity index (χ1v) is 6.82. The van der Waals surface area contributed by atoms with Crippen LogP contribution in [0.15, 0.2) is 24.3 Å². The van der Waals surface area contributed by atoms with E-state index in [-0.39, 0.29) is 23.6 Å². The van der Waals surface area contributed by atoms with Crippen LogP contribution in [0.3, 0.4) is 0 Å². The maximum Gasteiger partial charge on any atom is 0.339 e. The second kappa shape index (κ2) is 6.36. The molecule has 0 bridgehead atoms. The largest absolute Gasteiger partial charge is 0.465 e. The molecule has 0 fully saturated rings. The molecule has 0 aliphatic carbocycles. The van der Waals surface area contributed by atoms with Gasteiger partial charge in [-0.3, -0.25) is 4.72 Å². The molecule has 0 heterocycles. The van der Waals surface area contributed by atoms with E-state index in [2.05, 4.69) is 9.46 Å². The number of para-hydroxylation sites is 1. The standard InChI is InChI=1S/C11H15NO5S/c1-16-7-8-18(14,15)12-10-6-4-3-5-9(10)11(13)17-2/h3-6,12H,7-8H2,1-2H3. The molecule has 0 saturated carbocycles. The Balaban J connectivity index is 2.94. The van der Waals surface area contributed by atoms with Crippen molar-refractivity contribution in [2.45, 2.75) is 0 Å². The fraction of sp³-hybridized carbons (Fsp3) is 0.364. The molecule has 1 N–H and O–H groups in total. The van der Waals surface area contributed by atoms with Crippen LogP contribution in [-0.4, -0.2) is 41.0 Å². The molecule has 0 unspecified atom stereocenters. The predicted octanol–water partition coefficient (Wildman–Crippen LogP) is 0.861. The number of methoxy groups -OCH3 is 2. The fourth-order valence-corrected chi connectivity index (χ4v) is 2.27.